The number of ether oxygens (including phenoxy) is 1. The Morgan fingerprint density at radius 1 is 1.62 bits per heavy atom. The average Bonchev–Trinajstić information content (AvgIpc) is 2.16. The molecule has 2 nitrogen and oxygen atoms in total. The van der Waals surface area contributed by atoms with E-state index in [1.807, 2.05) is 6.08 Å². The van der Waals surface area contributed by atoms with Crippen molar-refractivity contribution >= 4 is 5.78 Å². The van der Waals surface area contributed by atoms with Gasteiger partial charge in [0.15, 0.2) is 5.78 Å². The normalized spacial score (nSPS) is 16.6. The Kier molecular flexibility index (Phi) is 3.07. The molecule has 0 spiro atoms. The van der Waals surface area contributed by atoms with Gasteiger partial charge in [0.05, 0.1) is 7.11 Å². The van der Waals surface area contributed by atoms with E-state index >= 15 is 0 Å². The predicted molar refractivity (Wildman–Crippen MR) is 52.2 cm³/mol. The fraction of sp³-hybridized carbons (Fsp3) is 0.364. The molecule has 1 aliphatic carbocycles. The summed E-state index contributed by atoms with van der Waals surface area (Å²) < 4.78 is 5.15. The molecule has 1 aliphatic rings. The lowest BCUT2D eigenvalue weighted by atomic mass is 9.95. The molecule has 0 aliphatic heterocycles. The van der Waals surface area contributed by atoms with E-state index in [0.717, 1.165) is 29.7 Å². The topological polar surface area (TPSA) is 26.3 Å². The summed E-state index contributed by atoms with van der Waals surface area (Å²) >= 11 is 0. The molecule has 70 valence electrons. The Morgan fingerprint density at radius 2 is 2.31 bits per heavy atom. The van der Waals surface area contributed by atoms with E-state index in [1.54, 1.807) is 20.1 Å². The number of ketones is 1. The van der Waals surface area contributed by atoms with Crippen LogP contribution in [0.3, 0.4) is 0 Å². The molecule has 0 atom stereocenters. The van der Waals surface area contributed by atoms with Crippen LogP contribution in [0.5, 0.6) is 0 Å². The molecular formula is C11H14O2. The van der Waals surface area contributed by atoms with Gasteiger partial charge in [0.25, 0.3) is 0 Å². The Morgan fingerprint density at radius 3 is 2.77 bits per heavy atom. The minimum absolute atomic E-state index is 0.123. The second-order valence-corrected chi connectivity index (χ2v) is 3.02. The third kappa shape index (κ3) is 2.08. The summed E-state index contributed by atoms with van der Waals surface area (Å²) in [6.45, 7) is 5.28. The maximum atomic E-state index is 11.1. The van der Waals surface area contributed by atoms with Crippen molar-refractivity contribution in [1.82, 2.24) is 0 Å². The summed E-state index contributed by atoms with van der Waals surface area (Å²) in [5, 5.41) is 0. The molecule has 0 aromatic heterocycles. The van der Waals surface area contributed by atoms with Gasteiger partial charge in [-0.25, -0.2) is 0 Å². The lowest BCUT2D eigenvalue weighted by Gasteiger charge is -2.15. The van der Waals surface area contributed by atoms with E-state index in [9.17, 15) is 4.79 Å². The van der Waals surface area contributed by atoms with E-state index < -0.39 is 0 Å². The minimum Gasteiger partial charge on any atom is -0.496 e. The molecule has 0 amide bonds. The summed E-state index contributed by atoms with van der Waals surface area (Å²) in [5.41, 5.74) is 1.91. The highest BCUT2D eigenvalue weighted by Gasteiger charge is 2.14. The molecular weight excluding hydrogens is 164 g/mol. The number of carbonyl (C=O) groups excluding carboxylic acids is 1. The number of rotatable bonds is 3. The Balaban J connectivity index is 2.99. The monoisotopic (exact) mass is 178 g/mol. The molecule has 0 unspecified atom stereocenters. The van der Waals surface area contributed by atoms with Crippen molar-refractivity contribution in [2.75, 3.05) is 7.11 Å². The van der Waals surface area contributed by atoms with Gasteiger partial charge in [0, 0.05) is 0 Å². The van der Waals surface area contributed by atoms with Gasteiger partial charge >= 0.3 is 0 Å². The van der Waals surface area contributed by atoms with Crippen LogP contribution in [-0.4, -0.2) is 12.9 Å². The van der Waals surface area contributed by atoms with Gasteiger partial charge < -0.3 is 4.74 Å². The fourth-order valence-corrected chi connectivity index (χ4v) is 1.39. The van der Waals surface area contributed by atoms with E-state index in [1.165, 1.54) is 0 Å². The zero-order valence-electron chi connectivity index (χ0n) is 8.09. The highest BCUT2D eigenvalue weighted by Crippen LogP contribution is 2.25. The molecule has 0 heterocycles. The molecule has 0 N–H and O–H groups in total. The Bertz CT molecular complexity index is 295. The van der Waals surface area contributed by atoms with Crippen LogP contribution in [0.2, 0.25) is 0 Å². The SMILES string of the molecule is C=CC1=C(OC)C=C(C(C)=O)CC1. The van der Waals surface area contributed by atoms with E-state index in [-0.39, 0.29) is 5.78 Å². The van der Waals surface area contributed by atoms with E-state index in [4.69, 9.17) is 4.74 Å². The van der Waals surface area contributed by atoms with Crippen molar-refractivity contribution in [3.63, 3.8) is 0 Å². The van der Waals surface area contributed by atoms with Crippen LogP contribution in [0.15, 0.2) is 35.6 Å². The molecule has 0 fully saturated rings. The third-order valence-electron chi connectivity index (χ3n) is 2.20. The summed E-state index contributed by atoms with van der Waals surface area (Å²) in [6.07, 6.45) is 5.23. The van der Waals surface area contributed by atoms with Crippen LogP contribution in [0, 0.1) is 0 Å². The largest absolute Gasteiger partial charge is 0.496 e. The molecule has 0 bridgehead atoms. The number of hydrogen-bond acceptors (Lipinski definition) is 2. The molecule has 2 heteroatoms. The quantitative estimate of drug-likeness (QED) is 0.663. The molecule has 0 aromatic carbocycles. The van der Waals surface area contributed by atoms with E-state index in [2.05, 4.69) is 6.58 Å². The van der Waals surface area contributed by atoms with Crippen LogP contribution >= 0.6 is 0 Å². The smallest absolute Gasteiger partial charge is 0.155 e. The summed E-state index contributed by atoms with van der Waals surface area (Å²) in [7, 11) is 1.61. The first-order chi connectivity index (χ1) is 6.19. The predicted octanol–water partition coefficient (Wildman–Crippen LogP) is 2.38. The number of methoxy groups -OCH3 is 1. The van der Waals surface area contributed by atoms with Crippen molar-refractivity contribution in [2.24, 2.45) is 0 Å². The highest BCUT2D eigenvalue weighted by atomic mass is 16.5. The average molecular weight is 178 g/mol. The number of Topliss-reactive ketones (excluding diaryl/α,β-unsaturated/α-hetero) is 1. The Labute approximate surface area is 78.6 Å². The number of allylic oxidation sites excluding steroid dienone is 4. The van der Waals surface area contributed by atoms with Crippen LogP contribution < -0.4 is 0 Å². The summed E-state index contributed by atoms with van der Waals surface area (Å²) in [4.78, 5) is 11.1. The van der Waals surface area contributed by atoms with Gasteiger partial charge in [-0.15, -0.1) is 0 Å². The first-order valence-corrected chi connectivity index (χ1v) is 4.30. The molecule has 13 heavy (non-hydrogen) atoms. The highest BCUT2D eigenvalue weighted by molar-refractivity contribution is 5.94. The van der Waals surface area contributed by atoms with Gasteiger partial charge in [-0.05, 0) is 37.0 Å². The fourth-order valence-electron chi connectivity index (χ4n) is 1.39. The second-order valence-electron chi connectivity index (χ2n) is 3.02. The van der Waals surface area contributed by atoms with Crippen molar-refractivity contribution in [2.45, 2.75) is 19.8 Å². The zero-order valence-corrected chi connectivity index (χ0v) is 8.09. The number of hydrogen-bond donors (Lipinski definition) is 0. The maximum Gasteiger partial charge on any atom is 0.155 e. The lowest BCUT2D eigenvalue weighted by Crippen LogP contribution is -2.05. The standard InChI is InChI=1S/C11H14O2/c1-4-9-5-6-10(8(2)12)7-11(9)13-3/h4,7H,1,5-6H2,2-3H3. The van der Waals surface area contributed by atoms with Crippen molar-refractivity contribution in [3.8, 4) is 0 Å². The zero-order chi connectivity index (χ0) is 9.84. The third-order valence-corrected chi connectivity index (χ3v) is 2.20. The molecule has 0 aromatic rings. The second kappa shape index (κ2) is 4.08. The van der Waals surface area contributed by atoms with Crippen LogP contribution in [0.25, 0.3) is 0 Å². The minimum atomic E-state index is 0.123. The van der Waals surface area contributed by atoms with Gasteiger partial charge in [0.1, 0.15) is 5.76 Å². The number of carbonyl (C=O) groups is 1. The van der Waals surface area contributed by atoms with Crippen LogP contribution in [0.4, 0.5) is 0 Å². The van der Waals surface area contributed by atoms with Crippen LogP contribution in [-0.2, 0) is 9.53 Å². The van der Waals surface area contributed by atoms with Crippen LogP contribution in [0.1, 0.15) is 19.8 Å². The van der Waals surface area contributed by atoms with Gasteiger partial charge in [-0.3, -0.25) is 4.79 Å². The first-order valence-electron chi connectivity index (χ1n) is 4.30. The van der Waals surface area contributed by atoms with Crippen molar-refractivity contribution < 1.29 is 9.53 Å². The molecule has 1 rings (SSSR count). The summed E-state index contributed by atoms with van der Waals surface area (Å²) in [5.74, 6) is 0.893. The molecule has 0 radical (unpaired) electrons. The molecule has 0 saturated carbocycles. The van der Waals surface area contributed by atoms with E-state index in [0.29, 0.717) is 0 Å². The first kappa shape index (κ1) is 9.78. The van der Waals surface area contributed by atoms with Gasteiger partial charge in [-0.1, -0.05) is 12.7 Å². The van der Waals surface area contributed by atoms with Gasteiger partial charge in [0.2, 0.25) is 0 Å². The lowest BCUT2D eigenvalue weighted by molar-refractivity contribution is -0.113. The Hall–Kier alpha value is -1.31. The van der Waals surface area contributed by atoms with Crippen molar-refractivity contribution in [1.29, 1.82) is 0 Å². The molecule has 0 saturated heterocycles. The maximum absolute atomic E-state index is 11.1. The summed E-state index contributed by atoms with van der Waals surface area (Å²) in [6, 6.07) is 0. The van der Waals surface area contributed by atoms with Crippen molar-refractivity contribution in [3.05, 3.63) is 35.6 Å². The van der Waals surface area contributed by atoms with Gasteiger partial charge in [-0.2, -0.15) is 0 Å².